The Morgan fingerprint density at radius 3 is 1.15 bits per heavy atom. The molecule has 0 saturated carbocycles. The van der Waals surface area contributed by atoms with Crippen LogP contribution >= 0.6 is 0 Å². The molecule has 24 aromatic rings. The summed E-state index contributed by atoms with van der Waals surface area (Å²) in [5, 5.41) is 9.23. The van der Waals surface area contributed by atoms with Crippen molar-refractivity contribution in [3.63, 3.8) is 0 Å². The minimum absolute atomic E-state index is 0.0125. The molecular formula is C115H69BN6. The van der Waals surface area contributed by atoms with Gasteiger partial charge in [0.1, 0.15) is 0 Å². The maximum Gasteiger partial charge on any atom is 0.252 e. The van der Waals surface area contributed by atoms with Gasteiger partial charge >= 0.3 is 0 Å². The van der Waals surface area contributed by atoms with Gasteiger partial charge in [0.25, 0.3) is 6.71 Å². The van der Waals surface area contributed by atoms with Crippen molar-refractivity contribution in [3.8, 4) is 94.7 Å². The molecule has 5 aromatic heterocycles. The number of anilines is 6. The molecule has 7 heterocycles. The second-order valence-electron chi connectivity index (χ2n) is 32.3. The Morgan fingerprint density at radius 2 is 0.631 bits per heavy atom. The monoisotopic (exact) mass is 1550 g/mol. The van der Waals surface area contributed by atoms with Crippen LogP contribution in [0.15, 0.2) is 418 Å². The lowest BCUT2D eigenvalue weighted by molar-refractivity contribution is 1.17. The smallest absolute Gasteiger partial charge is 0.252 e. The Labute approximate surface area is 713 Å². The first-order valence-corrected chi connectivity index (χ1v) is 41.4. The van der Waals surface area contributed by atoms with Crippen LogP contribution in [0.2, 0.25) is 0 Å². The van der Waals surface area contributed by atoms with E-state index in [0.29, 0.717) is 11.4 Å². The summed E-state index contributed by atoms with van der Waals surface area (Å²) in [4.78, 5) is 8.76. The zero-order chi connectivity index (χ0) is 86.0. The molecule has 562 valence electrons. The minimum Gasteiger partial charge on any atom is -0.310 e. The summed E-state index contributed by atoms with van der Waals surface area (Å²) in [6.07, 6.45) is 0. The zero-order valence-corrected chi connectivity index (χ0v) is 65.6. The van der Waals surface area contributed by atoms with Crippen LogP contribution in [0.3, 0.4) is 0 Å². The highest BCUT2D eigenvalue weighted by Gasteiger charge is 2.46. The van der Waals surface area contributed by atoms with Gasteiger partial charge in [-0.05, 0) is 204 Å². The first-order chi connectivity index (χ1) is 63.4. The highest BCUT2D eigenvalue weighted by Crippen LogP contribution is 2.57. The van der Waals surface area contributed by atoms with Crippen LogP contribution in [0, 0.1) is 6.57 Å². The second kappa shape index (κ2) is 26.4. The number of para-hydroxylation sites is 5. The molecule has 122 heavy (non-hydrogen) atoms. The molecule has 0 aliphatic carbocycles. The van der Waals surface area contributed by atoms with Crippen LogP contribution in [0.4, 0.5) is 39.8 Å². The Morgan fingerprint density at radius 1 is 0.254 bits per heavy atom. The van der Waals surface area contributed by atoms with Crippen LogP contribution in [0.25, 0.3) is 198 Å². The SMILES string of the molecule is [2H]c1c([2H])c([2H])c2c(c1[2H])c1c([2H])c([N+]#[C-])c([2H])c([2H])c1n2-c1ccc2c(c1)N(c1c(-c3ccccc3)cc(-c3ccccc3)cc1-c1ccccc1)c1cc(-c3ccc4c(c3)c3cccc5c6ccccc6n4c53)cc3c1B2c1ccc(-c2cc4c5ccccc5n5c6ccccc6c(c2)c45)cc1N3c1c(-c2ccccc2)cc(-c2ccccc2)cc1-c1ccccc1. The summed E-state index contributed by atoms with van der Waals surface area (Å²) in [5.41, 5.74) is 30.8. The molecule has 2 aliphatic rings. The van der Waals surface area contributed by atoms with Crippen molar-refractivity contribution >= 4 is 161 Å². The Hall–Kier alpha value is -16.3. The molecular weight excluding hydrogens is 1480 g/mol. The topological polar surface area (TPSA) is 24.6 Å². The van der Waals surface area contributed by atoms with Crippen molar-refractivity contribution in [2.45, 2.75) is 0 Å². The van der Waals surface area contributed by atoms with E-state index in [1.54, 1.807) is 4.57 Å². The molecule has 0 bridgehead atoms. The fourth-order valence-electron chi connectivity index (χ4n) is 20.7. The summed E-state index contributed by atoms with van der Waals surface area (Å²) in [6, 6.07) is 134. The van der Waals surface area contributed by atoms with E-state index in [2.05, 4.69) is 393 Å². The second-order valence-corrected chi connectivity index (χ2v) is 32.3. The van der Waals surface area contributed by atoms with Gasteiger partial charge in [-0.25, -0.2) is 4.85 Å². The first-order valence-electron chi connectivity index (χ1n) is 44.9. The molecule has 0 saturated heterocycles. The van der Waals surface area contributed by atoms with Crippen molar-refractivity contribution in [2.24, 2.45) is 0 Å². The predicted molar refractivity (Wildman–Crippen MR) is 514 cm³/mol. The van der Waals surface area contributed by atoms with Gasteiger partial charge in [0.2, 0.25) is 0 Å². The third-order valence-corrected chi connectivity index (χ3v) is 25.9. The van der Waals surface area contributed by atoms with E-state index in [1.807, 2.05) is 6.07 Å². The summed E-state index contributed by atoms with van der Waals surface area (Å²) in [5.74, 6) is 0. The van der Waals surface area contributed by atoms with Crippen LogP contribution in [0.1, 0.15) is 9.60 Å². The first kappa shape index (κ1) is 61.1. The van der Waals surface area contributed by atoms with Crippen molar-refractivity contribution in [2.75, 3.05) is 9.80 Å². The zero-order valence-electron chi connectivity index (χ0n) is 72.6. The van der Waals surface area contributed by atoms with Crippen LogP contribution in [0.5, 0.6) is 0 Å². The third kappa shape index (κ3) is 9.95. The fraction of sp³-hybridized carbons (Fsp3) is 0. The molecule has 0 fully saturated rings. The molecule has 0 radical (unpaired) electrons. The van der Waals surface area contributed by atoms with E-state index in [1.165, 1.54) is 27.1 Å². The van der Waals surface area contributed by atoms with Gasteiger partial charge in [-0.2, -0.15) is 0 Å². The van der Waals surface area contributed by atoms with E-state index >= 15 is 0 Å². The number of aromatic nitrogens is 3. The number of rotatable bonds is 11. The van der Waals surface area contributed by atoms with Crippen LogP contribution in [-0.2, 0) is 0 Å². The van der Waals surface area contributed by atoms with E-state index in [-0.39, 0.29) is 27.5 Å². The third-order valence-electron chi connectivity index (χ3n) is 25.9. The molecule has 26 rings (SSSR count). The van der Waals surface area contributed by atoms with Crippen molar-refractivity contribution in [1.29, 1.82) is 0 Å². The Bertz CT molecular complexity index is 8780. The molecule has 0 unspecified atom stereocenters. The van der Waals surface area contributed by atoms with Crippen LogP contribution in [-0.4, -0.2) is 20.1 Å². The molecule has 19 aromatic carbocycles. The largest absolute Gasteiger partial charge is 0.310 e. The van der Waals surface area contributed by atoms with Crippen molar-refractivity contribution in [3.05, 3.63) is 430 Å². The van der Waals surface area contributed by atoms with Crippen LogP contribution < -0.4 is 26.2 Å². The summed E-state index contributed by atoms with van der Waals surface area (Å²) in [7, 11) is 0. The Balaban J connectivity index is 0.862. The normalized spacial score (nSPS) is 13.3. The quantitative estimate of drug-likeness (QED) is 0.0952. The lowest BCUT2D eigenvalue weighted by Gasteiger charge is -2.46. The average Bonchev–Trinajstić information content (AvgIpc) is 1.51. The molecule has 0 amide bonds. The number of benzene rings is 19. The summed E-state index contributed by atoms with van der Waals surface area (Å²) in [6.45, 7) is 7.81. The molecule has 2 aliphatic heterocycles. The number of hydrogen-bond donors (Lipinski definition) is 0. The van der Waals surface area contributed by atoms with Gasteiger partial charge in [0.15, 0.2) is 5.69 Å². The van der Waals surface area contributed by atoms with Gasteiger partial charge in [-0.15, -0.1) is 0 Å². The van der Waals surface area contributed by atoms with E-state index in [9.17, 15) is 9.60 Å². The summed E-state index contributed by atoms with van der Waals surface area (Å²) >= 11 is 0. The fourth-order valence-corrected chi connectivity index (χ4v) is 20.7. The predicted octanol–water partition coefficient (Wildman–Crippen LogP) is 29.1. The van der Waals surface area contributed by atoms with E-state index < -0.39 is 49.0 Å². The maximum atomic E-state index is 10.1. The van der Waals surface area contributed by atoms with Gasteiger partial charge < -0.3 is 23.2 Å². The Kier molecular flexibility index (Phi) is 13.2. The summed E-state index contributed by atoms with van der Waals surface area (Å²) < 4.78 is 74.8. The van der Waals surface area contributed by atoms with Gasteiger partial charge in [-0.1, -0.05) is 303 Å². The highest BCUT2D eigenvalue weighted by atomic mass is 15.2. The number of hydrogen-bond acceptors (Lipinski definition) is 2. The molecule has 0 spiro atoms. The van der Waals surface area contributed by atoms with E-state index in [0.717, 1.165) is 183 Å². The number of nitrogens with zero attached hydrogens (tertiary/aromatic N) is 6. The average molecular weight is 1550 g/mol. The lowest BCUT2D eigenvalue weighted by Crippen LogP contribution is -2.61. The van der Waals surface area contributed by atoms with Gasteiger partial charge in [0, 0.05) is 102 Å². The van der Waals surface area contributed by atoms with Crippen molar-refractivity contribution in [1.82, 2.24) is 13.4 Å². The number of fused-ring (bicyclic) bond motifs is 19. The maximum absolute atomic E-state index is 10.1. The van der Waals surface area contributed by atoms with E-state index in [4.69, 9.17) is 6.57 Å². The standard InChI is InChI=1S/C115H69BN6/c1-117-83-53-58-105-96(69-83)86-42-21-24-47-101(86)118(105)84-54-56-100-108(70-84)122(114-93(75-37-16-6-17-38-75)62-80(72-31-10-3-11-32-72)63-94(114)76-39-18-7-19-40-76)110-68-82(77-52-57-106-95(59-77)90-46-28-45-89-85-41-20-25-48-102(85)120(106)112(89)90)67-109-111(110)116(100)99-55-51-78(81-64-97-87-43-22-26-49-103(87)119-104-50-27-23-44-88(104)98(65-81)115(97)119)66-107(99)121(109)113-91(73-33-12-4-13-34-73)60-79(71-29-8-2-9-30-71)61-92(113)74-35-14-5-15-36-74/h2-70H/i21D,24D,42D,47D,53D,58D,69D. The highest BCUT2D eigenvalue weighted by molar-refractivity contribution is 7.00. The van der Waals surface area contributed by atoms with Gasteiger partial charge in [0.05, 0.1) is 68.9 Å². The lowest BCUT2D eigenvalue weighted by atomic mass is 9.33. The molecule has 7 heteroatoms. The molecule has 0 atom stereocenters. The van der Waals surface area contributed by atoms with Crippen molar-refractivity contribution < 1.29 is 9.60 Å². The molecule has 0 N–H and O–H groups in total. The minimum atomic E-state index is -0.595. The molecule has 6 nitrogen and oxygen atoms in total. The van der Waals surface area contributed by atoms with Gasteiger partial charge in [-0.3, -0.25) is 0 Å².